The number of oxime groups is 2. The van der Waals surface area contributed by atoms with E-state index in [0.717, 1.165) is 5.56 Å². The monoisotopic (exact) mass is 341 g/mol. The molecule has 0 bridgehead atoms. The summed E-state index contributed by atoms with van der Waals surface area (Å²) in [5.74, 6) is 0.280. The second-order valence-corrected chi connectivity index (χ2v) is 4.97. The fraction of sp³-hybridized carbons (Fsp3) is 0.167. The zero-order valence-electron chi connectivity index (χ0n) is 14.2. The van der Waals surface area contributed by atoms with Gasteiger partial charge in [0.2, 0.25) is 0 Å². The largest absolute Gasteiger partial charge is 0.457 e. The van der Waals surface area contributed by atoms with Crippen LogP contribution in [0.2, 0.25) is 0 Å². The van der Waals surface area contributed by atoms with Gasteiger partial charge in [0.25, 0.3) is 5.91 Å². The first-order valence-corrected chi connectivity index (χ1v) is 7.43. The van der Waals surface area contributed by atoms with Crippen LogP contribution < -0.4 is 10.5 Å². The van der Waals surface area contributed by atoms with Crippen LogP contribution in [0.5, 0.6) is 11.5 Å². The fourth-order valence-corrected chi connectivity index (χ4v) is 2.17. The predicted octanol–water partition coefficient (Wildman–Crippen LogP) is 2.69. The Morgan fingerprint density at radius 2 is 1.72 bits per heavy atom. The molecule has 0 aliphatic rings. The first kappa shape index (κ1) is 18.0. The average molecular weight is 341 g/mol. The number of amides is 1. The van der Waals surface area contributed by atoms with Crippen molar-refractivity contribution in [3.63, 3.8) is 0 Å². The standard InChI is InChI=1S/C18H19N3O4/c1-12(20-23-2)13-7-6-8-14(11-13)25-16-10-5-4-9-15(16)17(18(19)22)21-24-3/h4-11H,1-3H3,(H2,19,22)/b20-12-,21-17+. The number of carbonyl (C=O) groups is 1. The molecule has 130 valence electrons. The maximum Gasteiger partial charge on any atom is 0.271 e. The molecule has 0 aromatic heterocycles. The minimum atomic E-state index is -0.713. The third-order valence-corrected chi connectivity index (χ3v) is 3.27. The van der Waals surface area contributed by atoms with Crippen molar-refractivity contribution in [3.8, 4) is 11.5 Å². The maximum absolute atomic E-state index is 11.6. The summed E-state index contributed by atoms with van der Waals surface area (Å²) >= 11 is 0. The molecule has 0 unspecified atom stereocenters. The summed E-state index contributed by atoms with van der Waals surface area (Å²) in [6.45, 7) is 1.83. The van der Waals surface area contributed by atoms with Crippen LogP contribution in [0, 0.1) is 0 Å². The molecule has 7 nitrogen and oxygen atoms in total. The van der Waals surface area contributed by atoms with Crippen LogP contribution in [0.25, 0.3) is 0 Å². The van der Waals surface area contributed by atoms with Crippen molar-refractivity contribution < 1.29 is 19.2 Å². The number of para-hydroxylation sites is 1. The normalized spacial score (nSPS) is 11.8. The Hall–Kier alpha value is -3.35. The number of hydrogen-bond acceptors (Lipinski definition) is 6. The lowest BCUT2D eigenvalue weighted by molar-refractivity contribution is -0.112. The van der Waals surface area contributed by atoms with Crippen molar-refractivity contribution in [1.29, 1.82) is 0 Å². The molecule has 0 atom stereocenters. The van der Waals surface area contributed by atoms with Crippen LogP contribution in [0.4, 0.5) is 0 Å². The topological polar surface area (TPSA) is 95.5 Å². The number of rotatable bonds is 7. The van der Waals surface area contributed by atoms with E-state index in [4.69, 9.17) is 20.1 Å². The van der Waals surface area contributed by atoms with E-state index < -0.39 is 5.91 Å². The van der Waals surface area contributed by atoms with E-state index >= 15 is 0 Å². The fourth-order valence-electron chi connectivity index (χ4n) is 2.17. The van der Waals surface area contributed by atoms with Gasteiger partial charge in [0, 0.05) is 5.56 Å². The van der Waals surface area contributed by atoms with E-state index in [2.05, 4.69) is 10.3 Å². The van der Waals surface area contributed by atoms with Gasteiger partial charge in [-0.25, -0.2) is 0 Å². The van der Waals surface area contributed by atoms with Crippen LogP contribution >= 0.6 is 0 Å². The lowest BCUT2D eigenvalue weighted by atomic mass is 10.1. The molecule has 0 saturated heterocycles. The molecule has 7 heteroatoms. The van der Waals surface area contributed by atoms with Crippen LogP contribution in [-0.4, -0.2) is 31.6 Å². The molecule has 1 amide bonds. The summed E-state index contributed by atoms with van der Waals surface area (Å²) in [4.78, 5) is 21.1. The summed E-state index contributed by atoms with van der Waals surface area (Å²) in [6, 6.07) is 14.3. The van der Waals surface area contributed by atoms with Crippen molar-refractivity contribution in [1.82, 2.24) is 0 Å². The van der Waals surface area contributed by atoms with Gasteiger partial charge in [-0.2, -0.15) is 0 Å². The van der Waals surface area contributed by atoms with Gasteiger partial charge in [-0.15, -0.1) is 0 Å². The molecule has 0 saturated carbocycles. The highest BCUT2D eigenvalue weighted by atomic mass is 16.6. The van der Waals surface area contributed by atoms with Gasteiger partial charge >= 0.3 is 0 Å². The SMILES string of the molecule is CO/N=C(/C)c1cccc(Oc2ccccc2/C(=N\OC)C(N)=O)c1. The molecule has 25 heavy (non-hydrogen) atoms. The summed E-state index contributed by atoms with van der Waals surface area (Å²) in [5, 5.41) is 7.59. The van der Waals surface area contributed by atoms with E-state index in [1.165, 1.54) is 14.2 Å². The molecular weight excluding hydrogens is 322 g/mol. The second-order valence-electron chi connectivity index (χ2n) is 4.97. The zero-order valence-corrected chi connectivity index (χ0v) is 14.2. The van der Waals surface area contributed by atoms with Crippen molar-refractivity contribution in [3.05, 3.63) is 59.7 Å². The Morgan fingerprint density at radius 3 is 2.40 bits per heavy atom. The molecule has 2 aromatic carbocycles. The number of ether oxygens (including phenoxy) is 1. The molecule has 0 aliphatic carbocycles. The Balaban J connectivity index is 2.39. The third kappa shape index (κ3) is 4.57. The van der Waals surface area contributed by atoms with Crippen LogP contribution in [-0.2, 0) is 14.5 Å². The van der Waals surface area contributed by atoms with E-state index in [1.807, 2.05) is 25.1 Å². The Morgan fingerprint density at radius 1 is 1.00 bits per heavy atom. The molecule has 2 rings (SSSR count). The quantitative estimate of drug-likeness (QED) is 0.618. The molecule has 2 N–H and O–H groups in total. The molecular formula is C18H19N3O4. The summed E-state index contributed by atoms with van der Waals surface area (Å²) in [6.07, 6.45) is 0. The van der Waals surface area contributed by atoms with Crippen LogP contribution in [0.3, 0.4) is 0 Å². The second kappa shape index (κ2) is 8.49. The van der Waals surface area contributed by atoms with Crippen molar-refractivity contribution in [2.24, 2.45) is 16.0 Å². The van der Waals surface area contributed by atoms with Gasteiger partial charge in [0.15, 0.2) is 5.71 Å². The minimum absolute atomic E-state index is 0.0219. The average Bonchev–Trinajstić information content (AvgIpc) is 2.60. The smallest absolute Gasteiger partial charge is 0.271 e. The first-order chi connectivity index (χ1) is 12.1. The van der Waals surface area contributed by atoms with Crippen LogP contribution in [0.1, 0.15) is 18.1 Å². The number of benzene rings is 2. The number of primary amides is 1. The van der Waals surface area contributed by atoms with Crippen molar-refractivity contribution >= 4 is 17.3 Å². The van der Waals surface area contributed by atoms with E-state index in [1.54, 1.807) is 30.3 Å². The molecule has 0 fully saturated rings. The lowest BCUT2D eigenvalue weighted by Crippen LogP contribution is -2.25. The molecule has 0 heterocycles. The molecule has 0 aliphatic heterocycles. The Kier molecular flexibility index (Phi) is 6.11. The summed E-state index contributed by atoms with van der Waals surface area (Å²) < 4.78 is 5.92. The Labute approximate surface area is 145 Å². The Bertz CT molecular complexity index is 815. The first-order valence-electron chi connectivity index (χ1n) is 7.43. The van der Waals surface area contributed by atoms with Gasteiger partial charge < -0.3 is 20.1 Å². The van der Waals surface area contributed by atoms with E-state index in [-0.39, 0.29) is 5.71 Å². The minimum Gasteiger partial charge on any atom is -0.457 e. The summed E-state index contributed by atoms with van der Waals surface area (Å²) in [5.41, 5.74) is 7.35. The number of hydrogen-bond donors (Lipinski definition) is 1. The predicted molar refractivity (Wildman–Crippen MR) is 94.9 cm³/mol. The van der Waals surface area contributed by atoms with Crippen LogP contribution in [0.15, 0.2) is 58.8 Å². The van der Waals surface area contributed by atoms with Gasteiger partial charge in [-0.05, 0) is 31.2 Å². The molecule has 0 spiro atoms. The van der Waals surface area contributed by atoms with Crippen molar-refractivity contribution in [2.75, 3.05) is 14.2 Å². The molecule has 2 aromatic rings. The number of nitrogens with zero attached hydrogens (tertiary/aromatic N) is 2. The maximum atomic E-state index is 11.6. The molecule has 0 radical (unpaired) electrons. The van der Waals surface area contributed by atoms with Gasteiger partial charge in [0.1, 0.15) is 25.7 Å². The number of nitrogens with two attached hydrogens (primary N) is 1. The third-order valence-electron chi connectivity index (χ3n) is 3.27. The van der Waals surface area contributed by atoms with Gasteiger partial charge in [-0.3, -0.25) is 4.79 Å². The highest BCUT2D eigenvalue weighted by Gasteiger charge is 2.17. The van der Waals surface area contributed by atoms with Crippen molar-refractivity contribution in [2.45, 2.75) is 6.92 Å². The highest BCUT2D eigenvalue weighted by Crippen LogP contribution is 2.27. The zero-order chi connectivity index (χ0) is 18.2. The van der Waals surface area contributed by atoms with Gasteiger partial charge in [0.05, 0.1) is 11.3 Å². The summed E-state index contributed by atoms with van der Waals surface area (Å²) in [7, 11) is 2.83. The van der Waals surface area contributed by atoms with E-state index in [0.29, 0.717) is 22.8 Å². The van der Waals surface area contributed by atoms with Gasteiger partial charge in [-0.1, -0.05) is 34.6 Å². The lowest BCUT2D eigenvalue weighted by Gasteiger charge is -2.12. The number of carbonyl (C=O) groups excluding carboxylic acids is 1. The van der Waals surface area contributed by atoms with E-state index in [9.17, 15) is 4.79 Å². The highest BCUT2D eigenvalue weighted by molar-refractivity contribution is 6.45.